The van der Waals surface area contributed by atoms with Gasteiger partial charge in [-0.05, 0) is 32.2 Å². The second kappa shape index (κ2) is 4.24. The zero-order chi connectivity index (χ0) is 8.23. The van der Waals surface area contributed by atoms with Crippen molar-refractivity contribution < 1.29 is 0 Å². The third-order valence-corrected chi connectivity index (χ3v) is 3.12. The number of piperidine rings is 1. The van der Waals surface area contributed by atoms with E-state index in [0.29, 0.717) is 0 Å². The molecule has 1 saturated heterocycles. The highest BCUT2D eigenvalue weighted by molar-refractivity contribution is 4.81. The van der Waals surface area contributed by atoms with E-state index >= 15 is 0 Å². The van der Waals surface area contributed by atoms with E-state index in [1.807, 2.05) is 0 Å². The molecule has 0 spiro atoms. The van der Waals surface area contributed by atoms with E-state index in [4.69, 9.17) is 0 Å². The van der Waals surface area contributed by atoms with E-state index in [-0.39, 0.29) is 0 Å². The van der Waals surface area contributed by atoms with Crippen molar-refractivity contribution in [1.29, 1.82) is 0 Å². The molecule has 1 aliphatic carbocycles. The number of nitrogens with one attached hydrogen (secondary N) is 2. The van der Waals surface area contributed by atoms with Crippen LogP contribution in [0.2, 0.25) is 0 Å². The highest BCUT2D eigenvalue weighted by Gasteiger charge is 2.19. The zero-order valence-electron chi connectivity index (χ0n) is 7.81. The highest BCUT2D eigenvalue weighted by Crippen LogP contribution is 2.19. The third kappa shape index (κ3) is 2.20. The molecule has 1 atom stereocenters. The minimum atomic E-state index is 0.766. The fourth-order valence-electron chi connectivity index (χ4n) is 2.42. The van der Waals surface area contributed by atoms with Crippen LogP contribution in [0.4, 0.5) is 0 Å². The van der Waals surface area contributed by atoms with E-state index in [9.17, 15) is 0 Å². The van der Waals surface area contributed by atoms with Crippen LogP contribution < -0.4 is 10.6 Å². The van der Waals surface area contributed by atoms with Gasteiger partial charge in [-0.15, -0.1) is 0 Å². The van der Waals surface area contributed by atoms with E-state index in [2.05, 4.69) is 10.6 Å². The first-order chi connectivity index (χ1) is 5.95. The summed E-state index contributed by atoms with van der Waals surface area (Å²) in [6, 6.07) is 1.61. The number of hydrogen-bond donors (Lipinski definition) is 2. The summed E-state index contributed by atoms with van der Waals surface area (Å²) < 4.78 is 0. The Morgan fingerprint density at radius 2 is 1.67 bits per heavy atom. The van der Waals surface area contributed by atoms with Crippen molar-refractivity contribution in [3.05, 3.63) is 0 Å². The van der Waals surface area contributed by atoms with Gasteiger partial charge in [0.2, 0.25) is 0 Å². The Balaban J connectivity index is 1.69. The summed E-state index contributed by atoms with van der Waals surface area (Å²) in [5, 5.41) is 7.20. The predicted molar refractivity (Wildman–Crippen MR) is 51.3 cm³/mol. The largest absolute Gasteiger partial charge is 0.315 e. The average molecular weight is 168 g/mol. The maximum absolute atomic E-state index is 3.76. The molecule has 0 radical (unpaired) electrons. The lowest BCUT2D eigenvalue weighted by Gasteiger charge is -2.27. The second-order valence-corrected chi connectivity index (χ2v) is 4.19. The van der Waals surface area contributed by atoms with Gasteiger partial charge >= 0.3 is 0 Å². The predicted octanol–water partition coefficient (Wildman–Crippen LogP) is 1.27. The molecule has 2 heteroatoms. The van der Waals surface area contributed by atoms with Crippen molar-refractivity contribution in [2.24, 2.45) is 0 Å². The first-order valence-electron chi connectivity index (χ1n) is 5.42. The molecule has 2 nitrogen and oxygen atoms in total. The molecule has 12 heavy (non-hydrogen) atoms. The number of hydrogen-bond acceptors (Lipinski definition) is 2. The maximum atomic E-state index is 3.76. The summed E-state index contributed by atoms with van der Waals surface area (Å²) >= 11 is 0. The lowest BCUT2D eigenvalue weighted by Crippen LogP contribution is -2.46. The van der Waals surface area contributed by atoms with Crippen molar-refractivity contribution >= 4 is 0 Å². The summed E-state index contributed by atoms with van der Waals surface area (Å²) in [4.78, 5) is 0. The molecule has 0 bridgehead atoms. The fraction of sp³-hybridized carbons (Fsp3) is 1.00. The SMILES string of the molecule is C1CCC(N[C@@H]2CCCNC2)C1. The highest BCUT2D eigenvalue weighted by atomic mass is 15.0. The van der Waals surface area contributed by atoms with Crippen LogP contribution in [0.1, 0.15) is 38.5 Å². The molecule has 1 heterocycles. The molecule has 0 amide bonds. The quantitative estimate of drug-likeness (QED) is 0.649. The van der Waals surface area contributed by atoms with Crippen LogP contribution in [-0.2, 0) is 0 Å². The van der Waals surface area contributed by atoms with Gasteiger partial charge < -0.3 is 10.6 Å². The molecule has 2 aliphatic rings. The minimum absolute atomic E-state index is 0.766. The summed E-state index contributed by atoms with van der Waals surface area (Å²) in [6.45, 7) is 2.42. The molecule has 0 aromatic heterocycles. The Hall–Kier alpha value is -0.0800. The lowest BCUT2D eigenvalue weighted by atomic mass is 10.1. The van der Waals surface area contributed by atoms with Gasteiger partial charge in [0.25, 0.3) is 0 Å². The van der Waals surface area contributed by atoms with Crippen LogP contribution in [0, 0.1) is 0 Å². The van der Waals surface area contributed by atoms with Gasteiger partial charge in [0.05, 0.1) is 0 Å². The van der Waals surface area contributed by atoms with Crippen molar-refractivity contribution in [3.8, 4) is 0 Å². The van der Waals surface area contributed by atoms with E-state index in [1.165, 1.54) is 51.6 Å². The normalized spacial score (nSPS) is 32.5. The molecule has 0 unspecified atom stereocenters. The number of rotatable bonds is 2. The van der Waals surface area contributed by atoms with Gasteiger partial charge in [0.1, 0.15) is 0 Å². The van der Waals surface area contributed by atoms with Crippen molar-refractivity contribution in [2.75, 3.05) is 13.1 Å². The van der Waals surface area contributed by atoms with Crippen molar-refractivity contribution in [3.63, 3.8) is 0 Å². The Bertz CT molecular complexity index is 124. The van der Waals surface area contributed by atoms with Gasteiger partial charge in [0.15, 0.2) is 0 Å². The van der Waals surface area contributed by atoms with E-state index < -0.39 is 0 Å². The molecular formula is C10H20N2. The van der Waals surface area contributed by atoms with E-state index in [1.54, 1.807) is 0 Å². The summed E-state index contributed by atoms with van der Waals surface area (Å²) in [5.41, 5.74) is 0. The molecular weight excluding hydrogens is 148 g/mol. The molecule has 1 saturated carbocycles. The molecule has 70 valence electrons. The Kier molecular flexibility index (Phi) is 3.01. The molecule has 2 rings (SSSR count). The molecule has 0 aromatic rings. The molecule has 1 aliphatic heterocycles. The van der Waals surface area contributed by atoms with Gasteiger partial charge in [-0.3, -0.25) is 0 Å². The molecule has 2 fully saturated rings. The van der Waals surface area contributed by atoms with Crippen molar-refractivity contribution in [2.45, 2.75) is 50.6 Å². The Morgan fingerprint density at radius 1 is 0.917 bits per heavy atom. The topological polar surface area (TPSA) is 24.1 Å². The smallest absolute Gasteiger partial charge is 0.0195 e. The molecule has 0 aromatic carbocycles. The Labute approximate surface area is 75.1 Å². The monoisotopic (exact) mass is 168 g/mol. The lowest BCUT2D eigenvalue weighted by molar-refractivity contribution is 0.351. The van der Waals surface area contributed by atoms with Gasteiger partial charge in [-0.1, -0.05) is 12.8 Å². The first kappa shape index (κ1) is 8.52. The van der Waals surface area contributed by atoms with E-state index in [0.717, 1.165) is 12.1 Å². The first-order valence-corrected chi connectivity index (χ1v) is 5.42. The van der Waals surface area contributed by atoms with Crippen molar-refractivity contribution in [1.82, 2.24) is 10.6 Å². The summed E-state index contributed by atoms with van der Waals surface area (Å²) in [6.07, 6.45) is 8.44. The third-order valence-electron chi connectivity index (χ3n) is 3.12. The Morgan fingerprint density at radius 3 is 2.33 bits per heavy atom. The van der Waals surface area contributed by atoms with Crippen LogP contribution in [0.15, 0.2) is 0 Å². The standard InChI is InChI=1S/C10H20N2/c1-2-5-9(4-1)12-10-6-3-7-11-8-10/h9-12H,1-8H2/t10-/m1/s1. The molecule has 2 N–H and O–H groups in total. The average Bonchev–Trinajstić information content (AvgIpc) is 2.59. The summed E-state index contributed by atoms with van der Waals surface area (Å²) in [5.74, 6) is 0. The van der Waals surface area contributed by atoms with Crippen LogP contribution in [0.3, 0.4) is 0 Å². The fourth-order valence-corrected chi connectivity index (χ4v) is 2.42. The summed E-state index contributed by atoms with van der Waals surface area (Å²) in [7, 11) is 0. The van der Waals surface area contributed by atoms with Gasteiger partial charge in [-0.2, -0.15) is 0 Å². The minimum Gasteiger partial charge on any atom is -0.315 e. The van der Waals surface area contributed by atoms with Crippen LogP contribution in [0.5, 0.6) is 0 Å². The van der Waals surface area contributed by atoms with Gasteiger partial charge in [0, 0.05) is 18.6 Å². The van der Waals surface area contributed by atoms with Gasteiger partial charge in [-0.25, -0.2) is 0 Å². The van der Waals surface area contributed by atoms with Crippen LogP contribution >= 0.6 is 0 Å². The second-order valence-electron chi connectivity index (χ2n) is 4.19. The maximum Gasteiger partial charge on any atom is 0.0195 e. The van der Waals surface area contributed by atoms with Crippen LogP contribution in [0.25, 0.3) is 0 Å². The van der Waals surface area contributed by atoms with Crippen LogP contribution in [-0.4, -0.2) is 25.2 Å². The zero-order valence-corrected chi connectivity index (χ0v) is 7.81.